The molecule has 0 aromatic carbocycles. The largest absolute Gasteiger partial charge is 0.315 e. The third-order valence-corrected chi connectivity index (χ3v) is 4.50. The van der Waals surface area contributed by atoms with Gasteiger partial charge in [-0.25, -0.2) is 0 Å². The van der Waals surface area contributed by atoms with E-state index < -0.39 is 0 Å². The van der Waals surface area contributed by atoms with Crippen LogP contribution in [0.5, 0.6) is 0 Å². The number of hydrogen-bond acceptors (Lipinski definition) is 2. The molecule has 0 amide bonds. The van der Waals surface area contributed by atoms with E-state index in [0.29, 0.717) is 0 Å². The van der Waals surface area contributed by atoms with Gasteiger partial charge in [0.05, 0.1) is 0 Å². The van der Waals surface area contributed by atoms with Gasteiger partial charge in [0.2, 0.25) is 0 Å². The van der Waals surface area contributed by atoms with Crippen LogP contribution in [0.4, 0.5) is 0 Å². The molecule has 1 aliphatic carbocycles. The Morgan fingerprint density at radius 2 is 2.14 bits per heavy atom. The number of hydrogen-bond donors (Lipinski definition) is 1. The zero-order valence-corrected chi connectivity index (χ0v) is 9.21. The van der Waals surface area contributed by atoms with E-state index in [1.54, 1.807) is 0 Å². The summed E-state index contributed by atoms with van der Waals surface area (Å²) in [6, 6.07) is 1.81. The van der Waals surface area contributed by atoms with Crippen LogP contribution in [-0.2, 0) is 0 Å². The lowest BCUT2D eigenvalue weighted by Gasteiger charge is -2.32. The first-order valence-electron chi connectivity index (χ1n) is 6.36. The average molecular weight is 194 g/mol. The van der Waals surface area contributed by atoms with Crippen molar-refractivity contribution in [1.82, 2.24) is 10.2 Å². The van der Waals surface area contributed by atoms with E-state index in [9.17, 15) is 0 Å². The molecule has 0 spiro atoms. The molecular formula is C12H22N2. The number of nitrogens with zero attached hydrogens (tertiary/aromatic N) is 1. The summed E-state index contributed by atoms with van der Waals surface area (Å²) >= 11 is 0. The minimum Gasteiger partial charge on any atom is -0.315 e. The van der Waals surface area contributed by atoms with Gasteiger partial charge < -0.3 is 5.32 Å². The highest BCUT2D eigenvalue weighted by Gasteiger charge is 2.44. The second-order valence-corrected chi connectivity index (χ2v) is 5.33. The van der Waals surface area contributed by atoms with Crippen LogP contribution < -0.4 is 5.32 Å². The molecular weight excluding hydrogens is 172 g/mol. The maximum atomic E-state index is 3.55. The van der Waals surface area contributed by atoms with E-state index in [4.69, 9.17) is 0 Å². The number of fused-ring (bicyclic) bond motifs is 1. The molecule has 2 heteroatoms. The Hall–Kier alpha value is -0.0800. The molecule has 0 bridgehead atoms. The molecule has 0 aromatic rings. The van der Waals surface area contributed by atoms with Gasteiger partial charge in [-0.15, -0.1) is 0 Å². The van der Waals surface area contributed by atoms with Crippen molar-refractivity contribution in [1.29, 1.82) is 0 Å². The van der Waals surface area contributed by atoms with Crippen LogP contribution >= 0.6 is 0 Å². The lowest BCUT2D eigenvalue weighted by atomic mass is 10.0. The SMILES string of the molecule is CCC(C1CC1)N1CC[C@@H]2CNC[C@@H]21. The van der Waals surface area contributed by atoms with Gasteiger partial charge in [-0.1, -0.05) is 6.92 Å². The fourth-order valence-electron chi connectivity index (χ4n) is 3.61. The fourth-order valence-corrected chi connectivity index (χ4v) is 3.61. The smallest absolute Gasteiger partial charge is 0.0264 e. The number of likely N-dealkylation sites (tertiary alicyclic amines) is 1. The highest BCUT2D eigenvalue weighted by molar-refractivity contribution is 4.99. The van der Waals surface area contributed by atoms with Crippen LogP contribution in [0, 0.1) is 11.8 Å². The summed E-state index contributed by atoms with van der Waals surface area (Å²) in [4.78, 5) is 2.84. The molecule has 2 aliphatic heterocycles. The summed E-state index contributed by atoms with van der Waals surface area (Å²) in [5.74, 6) is 2.03. The summed E-state index contributed by atoms with van der Waals surface area (Å²) in [5.41, 5.74) is 0. The van der Waals surface area contributed by atoms with Crippen LogP contribution in [0.3, 0.4) is 0 Å². The van der Waals surface area contributed by atoms with Crippen molar-refractivity contribution in [3.8, 4) is 0 Å². The van der Waals surface area contributed by atoms with Crippen LogP contribution in [0.25, 0.3) is 0 Å². The zero-order chi connectivity index (χ0) is 9.54. The summed E-state index contributed by atoms with van der Waals surface area (Å²) < 4.78 is 0. The molecule has 3 atom stereocenters. The summed E-state index contributed by atoms with van der Waals surface area (Å²) in [6.07, 6.45) is 5.81. The van der Waals surface area contributed by atoms with Gasteiger partial charge in [0.1, 0.15) is 0 Å². The first-order valence-corrected chi connectivity index (χ1v) is 6.36. The summed E-state index contributed by atoms with van der Waals surface area (Å²) in [6.45, 7) is 6.29. The molecule has 3 fully saturated rings. The van der Waals surface area contributed by atoms with Crippen molar-refractivity contribution in [2.75, 3.05) is 19.6 Å². The molecule has 1 unspecified atom stereocenters. The lowest BCUT2D eigenvalue weighted by Crippen LogP contribution is -2.42. The third kappa shape index (κ3) is 1.40. The Labute approximate surface area is 87.0 Å². The second kappa shape index (κ2) is 3.49. The molecule has 3 aliphatic rings. The molecule has 2 nitrogen and oxygen atoms in total. The molecule has 3 rings (SSSR count). The van der Waals surface area contributed by atoms with Gasteiger partial charge in [-0.3, -0.25) is 4.90 Å². The van der Waals surface area contributed by atoms with E-state index in [1.165, 1.54) is 45.3 Å². The summed E-state index contributed by atoms with van der Waals surface area (Å²) in [7, 11) is 0. The van der Waals surface area contributed by atoms with Crippen molar-refractivity contribution in [2.45, 2.75) is 44.7 Å². The molecule has 2 heterocycles. The van der Waals surface area contributed by atoms with Gasteiger partial charge in [0.25, 0.3) is 0 Å². The van der Waals surface area contributed by atoms with Crippen LogP contribution in [-0.4, -0.2) is 36.6 Å². The number of nitrogens with one attached hydrogen (secondary N) is 1. The van der Waals surface area contributed by atoms with E-state index in [-0.39, 0.29) is 0 Å². The molecule has 1 saturated carbocycles. The quantitative estimate of drug-likeness (QED) is 0.732. The zero-order valence-electron chi connectivity index (χ0n) is 9.21. The number of rotatable bonds is 3. The van der Waals surface area contributed by atoms with Crippen molar-refractivity contribution < 1.29 is 0 Å². The van der Waals surface area contributed by atoms with E-state index in [0.717, 1.165) is 23.9 Å². The molecule has 1 N–H and O–H groups in total. The normalized spacial score (nSPS) is 40.1. The minimum absolute atomic E-state index is 0.889. The molecule has 0 aromatic heterocycles. The van der Waals surface area contributed by atoms with Gasteiger partial charge in [0, 0.05) is 18.6 Å². The van der Waals surface area contributed by atoms with Crippen molar-refractivity contribution in [3.63, 3.8) is 0 Å². The Kier molecular flexibility index (Phi) is 2.29. The minimum atomic E-state index is 0.889. The molecule has 14 heavy (non-hydrogen) atoms. The van der Waals surface area contributed by atoms with Gasteiger partial charge in [-0.05, 0) is 50.6 Å². The predicted octanol–water partition coefficient (Wildman–Crippen LogP) is 1.47. The molecule has 0 radical (unpaired) electrons. The summed E-state index contributed by atoms with van der Waals surface area (Å²) in [5, 5.41) is 3.55. The average Bonchev–Trinajstić information content (AvgIpc) is 2.78. The van der Waals surface area contributed by atoms with Crippen molar-refractivity contribution in [2.24, 2.45) is 11.8 Å². The third-order valence-electron chi connectivity index (χ3n) is 4.50. The Morgan fingerprint density at radius 1 is 1.29 bits per heavy atom. The Balaban J connectivity index is 1.70. The van der Waals surface area contributed by atoms with E-state index >= 15 is 0 Å². The highest BCUT2D eigenvalue weighted by atomic mass is 15.3. The van der Waals surface area contributed by atoms with Gasteiger partial charge >= 0.3 is 0 Å². The van der Waals surface area contributed by atoms with Crippen molar-refractivity contribution in [3.05, 3.63) is 0 Å². The van der Waals surface area contributed by atoms with E-state index in [1.807, 2.05) is 0 Å². The first-order chi connectivity index (χ1) is 6.90. The highest BCUT2D eigenvalue weighted by Crippen LogP contribution is 2.41. The predicted molar refractivity (Wildman–Crippen MR) is 58.3 cm³/mol. The van der Waals surface area contributed by atoms with Gasteiger partial charge in [0.15, 0.2) is 0 Å². The first kappa shape index (κ1) is 9.17. The Bertz CT molecular complexity index is 212. The Morgan fingerprint density at radius 3 is 2.86 bits per heavy atom. The molecule has 2 saturated heterocycles. The second-order valence-electron chi connectivity index (χ2n) is 5.33. The standard InChI is InChI=1S/C12H22N2/c1-2-11(9-3-4-9)14-6-5-10-7-13-8-12(10)14/h9-13H,2-8H2,1H3/t10-,11?,12+/m1/s1. The monoisotopic (exact) mass is 194 g/mol. The van der Waals surface area contributed by atoms with Crippen LogP contribution in [0.15, 0.2) is 0 Å². The maximum absolute atomic E-state index is 3.55. The topological polar surface area (TPSA) is 15.3 Å². The fraction of sp³-hybridized carbons (Fsp3) is 1.00. The van der Waals surface area contributed by atoms with Crippen LogP contribution in [0.1, 0.15) is 32.6 Å². The van der Waals surface area contributed by atoms with Crippen molar-refractivity contribution >= 4 is 0 Å². The lowest BCUT2D eigenvalue weighted by molar-refractivity contribution is 0.155. The van der Waals surface area contributed by atoms with E-state index in [2.05, 4.69) is 17.1 Å². The molecule has 80 valence electrons. The van der Waals surface area contributed by atoms with Crippen LogP contribution in [0.2, 0.25) is 0 Å². The maximum Gasteiger partial charge on any atom is 0.0264 e. The van der Waals surface area contributed by atoms with Gasteiger partial charge in [-0.2, -0.15) is 0 Å².